The fraction of sp³-hybridized carbons (Fsp3) is 0.619. The second-order valence-corrected chi connectivity index (χ2v) is 8.37. The summed E-state index contributed by atoms with van der Waals surface area (Å²) in [6.45, 7) is 10.1. The molecule has 1 fully saturated rings. The van der Waals surface area contributed by atoms with Gasteiger partial charge in [0.2, 0.25) is 0 Å². The second-order valence-electron chi connectivity index (χ2n) is 8.37. The largest absolute Gasteiger partial charge is 0.376 e. The smallest absolute Gasteiger partial charge is 0.261 e. The van der Waals surface area contributed by atoms with Gasteiger partial charge in [0.25, 0.3) is 11.8 Å². The fourth-order valence-electron chi connectivity index (χ4n) is 4.48. The van der Waals surface area contributed by atoms with Crippen molar-refractivity contribution in [3.63, 3.8) is 0 Å². The summed E-state index contributed by atoms with van der Waals surface area (Å²) in [6.07, 6.45) is 2.97. The van der Waals surface area contributed by atoms with Crippen molar-refractivity contribution in [1.29, 1.82) is 0 Å². The normalized spacial score (nSPS) is 23.9. The molecule has 1 saturated heterocycles. The monoisotopic (exact) mass is 343 g/mol. The minimum Gasteiger partial charge on any atom is -0.376 e. The van der Waals surface area contributed by atoms with Crippen LogP contribution in [0.5, 0.6) is 0 Å². The van der Waals surface area contributed by atoms with Crippen LogP contribution in [0, 0.1) is 17.8 Å². The van der Waals surface area contributed by atoms with Gasteiger partial charge in [0.05, 0.1) is 16.7 Å². The maximum absolute atomic E-state index is 12.6. The third kappa shape index (κ3) is 3.64. The molecule has 2 atom stereocenters. The van der Waals surface area contributed by atoms with Crippen molar-refractivity contribution in [2.24, 2.45) is 17.8 Å². The van der Waals surface area contributed by atoms with Crippen LogP contribution in [0.2, 0.25) is 0 Å². The lowest BCUT2D eigenvalue weighted by atomic mass is 9.73. The Bertz CT molecular complexity index is 630. The van der Waals surface area contributed by atoms with Gasteiger partial charge in [0.15, 0.2) is 0 Å². The van der Waals surface area contributed by atoms with E-state index in [4.69, 9.17) is 4.74 Å². The molecule has 4 nitrogen and oxygen atoms in total. The lowest BCUT2D eigenvalue weighted by Crippen LogP contribution is -2.39. The molecule has 0 aromatic heterocycles. The Kier molecular flexibility index (Phi) is 5.01. The highest BCUT2D eigenvalue weighted by Gasteiger charge is 2.38. The zero-order chi connectivity index (χ0) is 18.2. The number of imide groups is 1. The second kappa shape index (κ2) is 6.91. The molecular formula is C21H29NO3. The van der Waals surface area contributed by atoms with E-state index in [2.05, 4.69) is 27.7 Å². The maximum atomic E-state index is 12.6. The van der Waals surface area contributed by atoms with Crippen molar-refractivity contribution >= 4 is 11.8 Å². The minimum atomic E-state index is -0.143. The summed E-state index contributed by atoms with van der Waals surface area (Å²) >= 11 is 0. The van der Waals surface area contributed by atoms with Gasteiger partial charge in [-0.05, 0) is 63.0 Å². The third-order valence-electron chi connectivity index (χ3n) is 5.76. The summed E-state index contributed by atoms with van der Waals surface area (Å²) in [5.74, 6) is 1.31. The van der Waals surface area contributed by atoms with E-state index in [-0.39, 0.29) is 17.4 Å². The van der Waals surface area contributed by atoms with Gasteiger partial charge in [0, 0.05) is 13.2 Å². The van der Waals surface area contributed by atoms with E-state index in [1.807, 2.05) is 12.1 Å². The molecule has 2 aliphatic rings. The lowest BCUT2D eigenvalue weighted by molar-refractivity contribution is -0.0871. The van der Waals surface area contributed by atoms with Gasteiger partial charge in [-0.2, -0.15) is 0 Å². The van der Waals surface area contributed by atoms with Crippen LogP contribution in [0.3, 0.4) is 0 Å². The van der Waals surface area contributed by atoms with Crippen molar-refractivity contribution in [2.75, 3.05) is 13.2 Å². The Morgan fingerprint density at radius 2 is 1.76 bits per heavy atom. The van der Waals surface area contributed by atoms with Crippen LogP contribution in [0.4, 0.5) is 0 Å². The highest BCUT2D eigenvalue weighted by molar-refractivity contribution is 6.21. The molecule has 0 bridgehead atoms. The highest BCUT2D eigenvalue weighted by atomic mass is 16.5. The van der Waals surface area contributed by atoms with Crippen LogP contribution >= 0.6 is 0 Å². The van der Waals surface area contributed by atoms with Gasteiger partial charge in [-0.1, -0.05) is 26.0 Å². The van der Waals surface area contributed by atoms with Gasteiger partial charge in [-0.15, -0.1) is 0 Å². The summed E-state index contributed by atoms with van der Waals surface area (Å²) < 4.78 is 5.86. The number of hydrogen-bond acceptors (Lipinski definition) is 3. The summed E-state index contributed by atoms with van der Waals surface area (Å²) in [6, 6.07) is 7.12. The molecule has 1 aromatic carbocycles. The van der Waals surface area contributed by atoms with Crippen LogP contribution in [0.25, 0.3) is 0 Å². The molecule has 2 heterocycles. The molecule has 25 heavy (non-hydrogen) atoms. The maximum Gasteiger partial charge on any atom is 0.261 e. The average Bonchev–Trinajstić information content (AvgIpc) is 2.79. The Hall–Kier alpha value is -1.68. The third-order valence-corrected chi connectivity index (χ3v) is 5.76. The van der Waals surface area contributed by atoms with E-state index < -0.39 is 0 Å². The van der Waals surface area contributed by atoms with Crippen molar-refractivity contribution < 1.29 is 14.3 Å². The predicted molar refractivity (Wildman–Crippen MR) is 97.5 cm³/mol. The number of ether oxygens (including phenoxy) is 1. The molecule has 3 rings (SSSR count). The number of rotatable bonds is 5. The Balaban J connectivity index is 1.69. The van der Waals surface area contributed by atoms with Gasteiger partial charge in [-0.3, -0.25) is 14.5 Å². The van der Waals surface area contributed by atoms with E-state index in [1.54, 1.807) is 12.1 Å². The van der Waals surface area contributed by atoms with Crippen LogP contribution in [-0.2, 0) is 4.74 Å². The summed E-state index contributed by atoms with van der Waals surface area (Å²) in [5.41, 5.74) is 1.01. The first-order valence-corrected chi connectivity index (χ1v) is 9.39. The number of carbonyl (C=O) groups excluding carboxylic acids is 2. The quantitative estimate of drug-likeness (QED) is 0.755. The van der Waals surface area contributed by atoms with Crippen molar-refractivity contribution in [2.45, 2.75) is 52.6 Å². The predicted octanol–water partition coefficient (Wildman–Crippen LogP) is 4.15. The Morgan fingerprint density at radius 1 is 1.16 bits per heavy atom. The zero-order valence-corrected chi connectivity index (χ0v) is 15.7. The summed E-state index contributed by atoms with van der Waals surface area (Å²) in [7, 11) is 0. The molecule has 2 amide bonds. The molecule has 4 heteroatoms. The van der Waals surface area contributed by atoms with Crippen molar-refractivity contribution in [1.82, 2.24) is 4.90 Å². The molecule has 0 radical (unpaired) electrons. The SMILES string of the molecule is CC(C)[C@@H](CCN1C(=O)c2ccccc2C1=O)[C@@H]1CCOC(C)(C)C1. The van der Waals surface area contributed by atoms with Crippen molar-refractivity contribution in [3.8, 4) is 0 Å². The number of fused-ring (bicyclic) bond motifs is 1. The number of benzene rings is 1. The average molecular weight is 343 g/mol. The molecule has 0 unspecified atom stereocenters. The van der Waals surface area contributed by atoms with E-state index in [0.29, 0.717) is 35.4 Å². The molecule has 136 valence electrons. The van der Waals surface area contributed by atoms with E-state index in [9.17, 15) is 9.59 Å². The standard InChI is InChI=1S/C21H29NO3/c1-14(2)16(15-10-12-25-21(3,4)13-15)9-11-22-19(23)17-7-5-6-8-18(17)20(22)24/h5-8,14-16H,9-13H2,1-4H3/t15-,16-/m1/s1. The first-order chi connectivity index (χ1) is 11.8. The molecule has 0 N–H and O–H groups in total. The fourth-order valence-corrected chi connectivity index (χ4v) is 4.48. The van der Waals surface area contributed by atoms with E-state index in [0.717, 1.165) is 25.9 Å². The van der Waals surface area contributed by atoms with Gasteiger partial charge < -0.3 is 4.74 Å². The van der Waals surface area contributed by atoms with E-state index >= 15 is 0 Å². The number of hydrogen-bond donors (Lipinski definition) is 0. The van der Waals surface area contributed by atoms with Crippen LogP contribution in [-0.4, -0.2) is 35.5 Å². The topological polar surface area (TPSA) is 46.6 Å². The number of carbonyl (C=O) groups is 2. The highest BCUT2D eigenvalue weighted by Crippen LogP contribution is 2.38. The molecular weight excluding hydrogens is 314 g/mol. The van der Waals surface area contributed by atoms with Crippen LogP contribution in [0.1, 0.15) is 67.7 Å². The first kappa shape index (κ1) is 18.1. The molecule has 0 spiro atoms. The molecule has 1 aromatic rings. The van der Waals surface area contributed by atoms with Gasteiger partial charge >= 0.3 is 0 Å². The van der Waals surface area contributed by atoms with E-state index in [1.165, 1.54) is 4.90 Å². The first-order valence-electron chi connectivity index (χ1n) is 9.39. The molecule has 0 aliphatic carbocycles. The van der Waals surface area contributed by atoms with Crippen LogP contribution < -0.4 is 0 Å². The van der Waals surface area contributed by atoms with Crippen molar-refractivity contribution in [3.05, 3.63) is 35.4 Å². The van der Waals surface area contributed by atoms with Crippen LogP contribution in [0.15, 0.2) is 24.3 Å². The Labute approximate surface area is 150 Å². The van der Waals surface area contributed by atoms with Gasteiger partial charge in [0.1, 0.15) is 0 Å². The Morgan fingerprint density at radius 3 is 2.28 bits per heavy atom. The molecule has 2 aliphatic heterocycles. The molecule has 0 saturated carbocycles. The van der Waals surface area contributed by atoms with Gasteiger partial charge in [-0.25, -0.2) is 0 Å². The minimum absolute atomic E-state index is 0.0778. The number of nitrogens with zero attached hydrogens (tertiary/aromatic N) is 1. The number of amides is 2. The zero-order valence-electron chi connectivity index (χ0n) is 15.7. The summed E-state index contributed by atoms with van der Waals surface area (Å²) in [5, 5.41) is 0. The summed E-state index contributed by atoms with van der Waals surface area (Å²) in [4.78, 5) is 26.5. The lowest BCUT2D eigenvalue weighted by Gasteiger charge is -2.41.